The van der Waals surface area contributed by atoms with Crippen molar-refractivity contribution in [3.63, 3.8) is 0 Å². The van der Waals surface area contributed by atoms with Crippen LogP contribution < -0.4 is 5.73 Å². The first-order valence-corrected chi connectivity index (χ1v) is 6.06. The van der Waals surface area contributed by atoms with E-state index in [4.69, 9.17) is 17.3 Å². The van der Waals surface area contributed by atoms with E-state index in [0.717, 1.165) is 5.56 Å². The number of benzene rings is 1. The highest BCUT2D eigenvalue weighted by Gasteiger charge is 2.20. The molecule has 1 aromatic heterocycles. The minimum absolute atomic E-state index is 0.163. The van der Waals surface area contributed by atoms with Gasteiger partial charge in [0.25, 0.3) is 5.91 Å². The highest BCUT2D eigenvalue weighted by atomic mass is 35.5. The lowest BCUT2D eigenvalue weighted by atomic mass is 10.1. The number of amides is 1. The second-order valence-electron chi connectivity index (χ2n) is 4.32. The van der Waals surface area contributed by atoms with Crippen LogP contribution in [-0.2, 0) is 7.05 Å². The fraction of sp³-hybridized carbons (Fsp3) is 0.143. The van der Waals surface area contributed by atoms with E-state index in [-0.39, 0.29) is 5.78 Å². The molecule has 0 bridgehead atoms. The molecule has 0 aliphatic carbocycles. The van der Waals surface area contributed by atoms with Gasteiger partial charge >= 0.3 is 0 Å². The Bertz CT molecular complexity index is 657. The van der Waals surface area contributed by atoms with Crippen molar-refractivity contribution < 1.29 is 9.59 Å². The maximum Gasteiger partial charge on any atom is 0.265 e. The SMILES string of the molecule is Cc1cc(C(N)=O)n(C)c1C(=O)c1ccc(Cl)cc1. The molecule has 1 aromatic carbocycles. The molecule has 2 rings (SSSR count). The highest BCUT2D eigenvalue weighted by molar-refractivity contribution is 6.30. The Labute approximate surface area is 115 Å². The third-order valence-electron chi connectivity index (χ3n) is 3.00. The Hall–Kier alpha value is -2.07. The molecule has 0 spiro atoms. The molecule has 0 unspecified atom stereocenters. The van der Waals surface area contributed by atoms with E-state index in [1.54, 1.807) is 44.3 Å². The molecule has 19 heavy (non-hydrogen) atoms. The summed E-state index contributed by atoms with van der Waals surface area (Å²) in [4.78, 5) is 23.7. The van der Waals surface area contributed by atoms with Gasteiger partial charge in [0.1, 0.15) is 5.69 Å². The maximum absolute atomic E-state index is 12.4. The summed E-state index contributed by atoms with van der Waals surface area (Å²) >= 11 is 5.79. The second-order valence-corrected chi connectivity index (χ2v) is 4.76. The van der Waals surface area contributed by atoms with Crippen LogP contribution in [0, 0.1) is 6.92 Å². The van der Waals surface area contributed by atoms with Gasteiger partial charge in [0.15, 0.2) is 0 Å². The first-order chi connectivity index (χ1) is 8.91. The summed E-state index contributed by atoms with van der Waals surface area (Å²) < 4.78 is 1.52. The van der Waals surface area contributed by atoms with Crippen LogP contribution >= 0.6 is 11.6 Å². The standard InChI is InChI=1S/C14H13ClN2O2/c1-8-7-11(14(16)19)17(2)12(8)13(18)9-3-5-10(15)6-4-9/h3-7H,1-2H3,(H2,16,19). The maximum atomic E-state index is 12.4. The van der Waals surface area contributed by atoms with Gasteiger partial charge in [-0.3, -0.25) is 9.59 Å². The van der Waals surface area contributed by atoms with Crippen LogP contribution in [0.5, 0.6) is 0 Å². The summed E-state index contributed by atoms with van der Waals surface area (Å²) in [7, 11) is 1.65. The minimum atomic E-state index is -0.555. The predicted molar refractivity (Wildman–Crippen MR) is 73.6 cm³/mol. The largest absolute Gasteiger partial charge is 0.364 e. The van der Waals surface area contributed by atoms with Gasteiger partial charge in [-0.1, -0.05) is 11.6 Å². The summed E-state index contributed by atoms with van der Waals surface area (Å²) in [5.41, 5.74) is 7.27. The molecular weight excluding hydrogens is 264 g/mol. The van der Waals surface area contributed by atoms with Crippen molar-refractivity contribution >= 4 is 23.3 Å². The molecule has 1 heterocycles. The van der Waals surface area contributed by atoms with Gasteiger partial charge in [-0.05, 0) is 42.8 Å². The van der Waals surface area contributed by atoms with Gasteiger partial charge in [-0.25, -0.2) is 0 Å². The predicted octanol–water partition coefficient (Wildman–Crippen LogP) is 2.32. The molecule has 0 saturated carbocycles. The van der Waals surface area contributed by atoms with Crippen molar-refractivity contribution in [3.8, 4) is 0 Å². The van der Waals surface area contributed by atoms with E-state index in [9.17, 15) is 9.59 Å². The molecular formula is C14H13ClN2O2. The number of ketones is 1. The average molecular weight is 277 g/mol. The fourth-order valence-corrected chi connectivity index (χ4v) is 2.19. The minimum Gasteiger partial charge on any atom is -0.364 e. The molecule has 1 amide bonds. The molecule has 0 aliphatic rings. The van der Waals surface area contributed by atoms with Crippen LogP contribution in [0.1, 0.15) is 32.1 Å². The first-order valence-electron chi connectivity index (χ1n) is 5.68. The molecule has 0 fully saturated rings. The summed E-state index contributed by atoms with van der Waals surface area (Å²) in [6.07, 6.45) is 0. The topological polar surface area (TPSA) is 65.1 Å². The van der Waals surface area contributed by atoms with Crippen LogP contribution in [0.3, 0.4) is 0 Å². The van der Waals surface area contributed by atoms with E-state index in [1.165, 1.54) is 4.57 Å². The zero-order valence-corrected chi connectivity index (χ0v) is 11.4. The first kappa shape index (κ1) is 13.4. The normalized spacial score (nSPS) is 10.5. The number of aromatic nitrogens is 1. The number of primary amides is 1. The molecule has 5 heteroatoms. The number of aryl methyl sites for hydroxylation is 1. The number of halogens is 1. The molecule has 2 aromatic rings. The smallest absolute Gasteiger partial charge is 0.265 e. The van der Waals surface area contributed by atoms with Crippen LogP contribution in [0.15, 0.2) is 30.3 Å². The molecule has 0 radical (unpaired) electrons. The number of nitrogens with two attached hydrogens (primary N) is 1. The zero-order valence-electron chi connectivity index (χ0n) is 10.6. The monoisotopic (exact) mass is 276 g/mol. The molecule has 4 nitrogen and oxygen atoms in total. The van der Waals surface area contributed by atoms with Crippen molar-refractivity contribution in [2.45, 2.75) is 6.92 Å². The Balaban J connectivity index is 2.50. The number of hydrogen-bond donors (Lipinski definition) is 1. The van der Waals surface area contributed by atoms with Gasteiger partial charge in [0.2, 0.25) is 5.78 Å². The van der Waals surface area contributed by atoms with Crippen LogP contribution in [0.25, 0.3) is 0 Å². The van der Waals surface area contributed by atoms with Gasteiger partial charge in [-0.15, -0.1) is 0 Å². The number of carbonyl (C=O) groups excluding carboxylic acids is 2. The second kappa shape index (κ2) is 4.90. The molecule has 98 valence electrons. The van der Waals surface area contributed by atoms with Crippen molar-refractivity contribution in [2.24, 2.45) is 12.8 Å². The van der Waals surface area contributed by atoms with Gasteiger partial charge in [0, 0.05) is 17.6 Å². The average Bonchev–Trinajstić information content (AvgIpc) is 2.65. The van der Waals surface area contributed by atoms with Gasteiger partial charge in [-0.2, -0.15) is 0 Å². The Kier molecular flexibility index (Phi) is 3.44. The molecule has 2 N–H and O–H groups in total. The zero-order chi connectivity index (χ0) is 14.2. The lowest BCUT2D eigenvalue weighted by Gasteiger charge is -2.06. The quantitative estimate of drug-likeness (QED) is 0.875. The van der Waals surface area contributed by atoms with E-state index < -0.39 is 5.91 Å². The molecule has 0 saturated heterocycles. The third-order valence-corrected chi connectivity index (χ3v) is 3.25. The fourth-order valence-electron chi connectivity index (χ4n) is 2.06. The van der Waals surface area contributed by atoms with E-state index >= 15 is 0 Å². The van der Waals surface area contributed by atoms with Crippen molar-refractivity contribution in [1.29, 1.82) is 0 Å². The van der Waals surface area contributed by atoms with Crippen molar-refractivity contribution in [3.05, 3.63) is 57.9 Å². The Morgan fingerprint density at radius 1 is 1.21 bits per heavy atom. The third kappa shape index (κ3) is 2.39. The number of rotatable bonds is 3. The lowest BCUT2D eigenvalue weighted by molar-refractivity contribution is 0.0992. The summed E-state index contributed by atoms with van der Waals surface area (Å²) in [6.45, 7) is 1.77. The van der Waals surface area contributed by atoms with Gasteiger partial charge < -0.3 is 10.3 Å². The molecule has 0 aliphatic heterocycles. The van der Waals surface area contributed by atoms with Crippen LogP contribution in [0.4, 0.5) is 0 Å². The Morgan fingerprint density at radius 2 is 1.79 bits per heavy atom. The number of carbonyl (C=O) groups is 2. The summed E-state index contributed by atoms with van der Waals surface area (Å²) in [5, 5.41) is 0.568. The summed E-state index contributed by atoms with van der Waals surface area (Å²) in [5.74, 6) is -0.718. The van der Waals surface area contributed by atoms with Crippen LogP contribution in [0.2, 0.25) is 5.02 Å². The molecule has 0 atom stereocenters. The van der Waals surface area contributed by atoms with Gasteiger partial charge in [0.05, 0.1) is 5.69 Å². The van der Waals surface area contributed by atoms with Crippen molar-refractivity contribution in [1.82, 2.24) is 4.57 Å². The number of nitrogens with zero attached hydrogens (tertiary/aromatic N) is 1. The van der Waals surface area contributed by atoms with Crippen LogP contribution in [-0.4, -0.2) is 16.3 Å². The summed E-state index contributed by atoms with van der Waals surface area (Å²) in [6, 6.07) is 8.23. The van der Waals surface area contributed by atoms with E-state index in [1.807, 2.05) is 0 Å². The highest BCUT2D eigenvalue weighted by Crippen LogP contribution is 2.19. The Morgan fingerprint density at radius 3 is 2.26 bits per heavy atom. The lowest BCUT2D eigenvalue weighted by Crippen LogP contribution is -2.17. The number of hydrogen-bond acceptors (Lipinski definition) is 2. The van der Waals surface area contributed by atoms with E-state index in [2.05, 4.69) is 0 Å². The van der Waals surface area contributed by atoms with E-state index in [0.29, 0.717) is 22.0 Å². The van der Waals surface area contributed by atoms with Crippen molar-refractivity contribution in [2.75, 3.05) is 0 Å².